The van der Waals surface area contributed by atoms with Crippen molar-refractivity contribution in [1.29, 1.82) is 0 Å². The van der Waals surface area contributed by atoms with Crippen molar-refractivity contribution in [2.45, 2.75) is 37.4 Å². The number of rotatable bonds is 5. The van der Waals surface area contributed by atoms with Crippen molar-refractivity contribution >= 4 is 21.2 Å². The van der Waals surface area contributed by atoms with Crippen LogP contribution in [0, 0.1) is 0 Å². The molecule has 4 nitrogen and oxygen atoms in total. The van der Waals surface area contributed by atoms with E-state index in [-0.39, 0.29) is 5.25 Å². The molecule has 1 aromatic heterocycles. The molecule has 2 rings (SSSR count). The lowest BCUT2D eigenvalue weighted by atomic mass is 10.1. The predicted molar refractivity (Wildman–Crippen MR) is 74.9 cm³/mol. The van der Waals surface area contributed by atoms with Gasteiger partial charge in [-0.3, -0.25) is 0 Å². The molecule has 1 saturated heterocycles. The van der Waals surface area contributed by atoms with Crippen LogP contribution in [0.15, 0.2) is 6.20 Å². The van der Waals surface area contributed by atoms with E-state index in [1.807, 2.05) is 13.2 Å². The molecule has 1 aromatic rings. The molecule has 18 heavy (non-hydrogen) atoms. The molecule has 1 aliphatic rings. The molecule has 0 aliphatic carbocycles. The number of sulfone groups is 1. The topological polar surface area (TPSA) is 59.1 Å². The average Bonchev–Trinajstić information content (AvgIpc) is 2.77. The first-order valence-corrected chi connectivity index (χ1v) is 8.95. The molecule has 2 heterocycles. The Bertz CT molecular complexity index is 482. The van der Waals surface area contributed by atoms with E-state index >= 15 is 0 Å². The molecule has 102 valence electrons. The van der Waals surface area contributed by atoms with Crippen LogP contribution in [0.4, 0.5) is 0 Å². The average molecular weight is 288 g/mol. The first-order valence-electron chi connectivity index (χ1n) is 6.41. The van der Waals surface area contributed by atoms with Crippen LogP contribution < -0.4 is 5.32 Å². The monoisotopic (exact) mass is 288 g/mol. The smallest absolute Gasteiger partial charge is 0.153 e. The van der Waals surface area contributed by atoms with E-state index in [0.717, 1.165) is 37.2 Å². The van der Waals surface area contributed by atoms with Gasteiger partial charge in [0.2, 0.25) is 0 Å². The van der Waals surface area contributed by atoms with Gasteiger partial charge in [-0.15, -0.1) is 11.3 Å². The number of likely N-dealkylation sites (N-methyl/N-ethyl adjacent to an activating group) is 1. The molecule has 0 bridgehead atoms. The maximum atomic E-state index is 11.9. The minimum atomic E-state index is -2.88. The van der Waals surface area contributed by atoms with Gasteiger partial charge in [0.25, 0.3) is 0 Å². The minimum Gasteiger partial charge on any atom is -0.319 e. The van der Waals surface area contributed by atoms with Crippen LogP contribution in [-0.2, 0) is 22.7 Å². The zero-order chi connectivity index (χ0) is 13.0. The zero-order valence-electron chi connectivity index (χ0n) is 10.7. The predicted octanol–water partition coefficient (Wildman–Crippen LogP) is 1.41. The molecule has 0 saturated carbocycles. The van der Waals surface area contributed by atoms with Crippen molar-refractivity contribution in [2.75, 3.05) is 19.3 Å². The van der Waals surface area contributed by atoms with Crippen molar-refractivity contribution < 1.29 is 8.42 Å². The van der Waals surface area contributed by atoms with E-state index in [0.29, 0.717) is 12.2 Å². The van der Waals surface area contributed by atoms with E-state index in [2.05, 4.69) is 10.3 Å². The lowest BCUT2D eigenvalue weighted by Gasteiger charge is -2.21. The Hall–Kier alpha value is -0.460. The number of thiazole rings is 1. The second-order valence-corrected chi connectivity index (χ2v) is 8.36. The Morgan fingerprint density at radius 2 is 2.33 bits per heavy atom. The maximum absolute atomic E-state index is 11.9. The molecule has 6 heteroatoms. The lowest BCUT2D eigenvalue weighted by Crippen LogP contribution is -2.30. The molecule has 0 amide bonds. The Labute approximate surface area is 113 Å². The summed E-state index contributed by atoms with van der Waals surface area (Å²) in [7, 11) is -0.948. The maximum Gasteiger partial charge on any atom is 0.153 e. The van der Waals surface area contributed by atoms with Gasteiger partial charge in [0.1, 0.15) is 0 Å². The van der Waals surface area contributed by atoms with Crippen LogP contribution in [0.1, 0.15) is 29.1 Å². The van der Waals surface area contributed by atoms with Crippen molar-refractivity contribution in [2.24, 2.45) is 0 Å². The Balaban J connectivity index is 1.98. The number of hydrogen-bond donors (Lipinski definition) is 1. The van der Waals surface area contributed by atoms with Crippen molar-refractivity contribution in [1.82, 2.24) is 10.3 Å². The first-order chi connectivity index (χ1) is 8.62. The molecule has 1 N–H and O–H groups in total. The Morgan fingerprint density at radius 3 is 3.06 bits per heavy atom. The van der Waals surface area contributed by atoms with Gasteiger partial charge in [-0.25, -0.2) is 13.4 Å². The highest BCUT2D eigenvalue weighted by molar-refractivity contribution is 7.92. The summed E-state index contributed by atoms with van der Waals surface area (Å²) < 4.78 is 23.9. The largest absolute Gasteiger partial charge is 0.319 e. The molecule has 0 radical (unpaired) electrons. The van der Waals surface area contributed by atoms with E-state index in [4.69, 9.17) is 0 Å². The van der Waals surface area contributed by atoms with Crippen molar-refractivity contribution in [3.05, 3.63) is 16.1 Å². The molecule has 1 atom stereocenters. The van der Waals surface area contributed by atoms with Crippen molar-refractivity contribution in [3.8, 4) is 0 Å². The van der Waals surface area contributed by atoms with Crippen LogP contribution in [0.25, 0.3) is 0 Å². The summed E-state index contributed by atoms with van der Waals surface area (Å²) in [4.78, 5) is 5.58. The highest BCUT2D eigenvalue weighted by atomic mass is 32.2. The normalized spacial score (nSPS) is 23.1. The van der Waals surface area contributed by atoms with Gasteiger partial charge in [0, 0.05) is 17.5 Å². The fraction of sp³-hybridized carbons (Fsp3) is 0.750. The molecule has 1 fully saturated rings. The quantitative estimate of drug-likeness (QED) is 0.890. The summed E-state index contributed by atoms with van der Waals surface area (Å²) in [6, 6.07) is 0. The number of aromatic nitrogens is 1. The van der Waals surface area contributed by atoms with E-state index in [1.165, 1.54) is 4.88 Å². The van der Waals surface area contributed by atoms with Gasteiger partial charge >= 0.3 is 0 Å². The van der Waals surface area contributed by atoms with E-state index in [1.54, 1.807) is 11.3 Å². The molecule has 1 aliphatic heterocycles. The summed E-state index contributed by atoms with van der Waals surface area (Å²) in [6.45, 7) is 0.934. The molecular weight excluding hydrogens is 268 g/mol. The molecule has 1 unspecified atom stereocenters. The Morgan fingerprint density at radius 1 is 1.50 bits per heavy atom. The number of nitrogens with one attached hydrogen (secondary N) is 1. The van der Waals surface area contributed by atoms with Gasteiger partial charge in [0.05, 0.1) is 16.0 Å². The first kappa shape index (κ1) is 14.0. The van der Waals surface area contributed by atoms with Crippen LogP contribution in [0.2, 0.25) is 0 Å². The summed E-state index contributed by atoms with van der Waals surface area (Å²) in [5.41, 5.74) is 0. The third kappa shape index (κ3) is 3.52. The fourth-order valence-electron chi connectivity index (χ4n) is 2.25. The fourth-order valence-corrected chi connectivity index (χ4v) is 5.24. The molecule has 0 aromatic carbocycles. The summed E-state index contributed by atoms with van der Waals surface area (Å²) in [5, 5.41) is 3.87. The zero-order valence-corrected chi connectivity index (χ0v) is 12.3. The highest BCUT2D eigenvalue weighted by Crippen LogP contribution is 2.25. The third-order valence-corrected chi connectivity index (χ3v) is 6.69. The van der Waals surface area contributed by atoms with Crippen LogP contribution in [0.3, 0.4) is 0 Å². The van der Waals surface area contributed by atoms with E-state index in [9.17, 15) is 8.42 Å². The Kier molecular flexibility index (Phi) is 4.75. The summed E-state index contributed by atoms with van der Waals surface area (Å²) in [5.74, 6) is 0.357. The molecular formula is C12H20N2O2S2. The SMILES string of the molecule is CNCCc1cnc(CC2CCCCS2(=O)=O)s1. The lowest BCUT2D eigenvalue weighted by molar-refractivity contribution is 0.537. The van der Waals surface area contributed by atoms with E-state index < -0.39 is 9.84 Å². The molecule has 0 spiro atoms. The van der Waals surface area contributed by atoms with Crippen LogP contribution >= 0.6 is 11.3 Å². The van der Waals surface area contributed by atoms with Crippen LogP contribution in [0.5, 0.6) is 0 Å². The minimum absolute atomic E-state index is 0.199. The van der Waals surface area contributed by atoms with Crippen LogP contribution in [-0.4, -0.2) is 38.0 Å². The van der Waals surface area contributed by atoms with Gasteiger partial charge in [-0.2, -0.15) is 0 Å². The standard InChI is InChI=1S/C12H20N2O2S2/c1-13-6-5-10-9-14-12(17-10)8-11-4-2-3-7-18(11,15)16/h9,11,13H,2-8H2,1H3. The van der Waals surface area contributed by atoms with Gasteiger partial charge in [-0.1, -0.05) is 6.42 Å². The van der Waals surface area contributed by atoms with Gasteiger partial charge < -0.3 is 5.32 Å². The van der Waals surface area contributed by atoms with Crippen molar-refractivity contribution in [3.63, 3.8) is 0 Å². The second-order valence-electron chi connectivity index (χ2n) is 4.76. The summed E-state index contributed by atoms with van der Waals surface area (Å²) >= 11 is 1.65. The second kappa shape index (κ2) is 6.12. The number of hydrogen-bond acceptors (Lipinski definition) is 5. The highest BCUT2D eigenvalue weighted by Gasteiger charge is 2.29. The van der Waals surface area contributed by atoms with Gasteiger partial charge in [0.15, 0.2) is 9.84 Å². The number of nitrogens with zero attached hydrogens (tertiary/aromatic N) is 1. The van der Waals surface area contributed by atoms with Gasteiger partial charge in [-0.05, 0) is 32.9 Å². The third-order valence-electron chi connectivity index (χ3n) is 3.34. The summed E-state index contributed by atoms with van der Waals surface area (Å²) in [6.07, 6.45) is 6.10.